The summed E-state index contributed by atoms with van der Waals surface area (Å²) in [6.07, 6.45) is 5.49. The van der Waals surface area contributed by atoms with Crippen molar-refractivity contribution in [2.24, 2.45) is 0 Å². The van der Waals surface area contributed by atoms with Crippen molar-refractivity contribution >= 4 is 11.6 Å². The zero-order valence-corrected chi connectivity index (χ0v) is 17.2. The van der Waals surface area contributed by atoms with Crippen LogP contribution in [0, 0.1) is 13.8 Å². The summed E-state index contributed by atoms with van der Waals surface area (Å²) in [5, 5.41) is 7.31. The van der Waals surface area contributed by atoms with Crippen LogP contribution >= 0.6 is 0 Å². The van der Waals surface area contributed by atoms with E-state index in [2.05, 4.69) is 20.0 Å². The van der Waals surface area contributed by atoms with E-state index in [1.54, 1.807) is 30.3 Å². The molecule has 0 atom stereocenters. The summed E-state index contributed by atoms with van der Waals surface area (Å²) < 4.78 is 9.13. The fourth-order valence-corrected chi connectivity index (χ4v) is 3.21. The summed E-state index contributed by atoms with van der Waals surface area (Å²) in [5.41, 5.74) is 4.05. The quantitative estimate of drug-likeness (QED) is 0.530. The van der Waals surface area contributed by atoms with E-state index in [4.69, 9.17) is 4.74 Å². The molecule has 2 heterocycles. The molecular weight excluding hydrogens is 378 g/mol. The van der Waals surface area contributed by atoms with Crippen LogP contribution in [0.5, 0.6) is 5.75 Å². The molecule has 7 nitrogen and oxygen atoms in total. The number of carbonyl (C=O) groups is 1. The number of nitrogens with one attached hydrogen (secondary N) is 1. The Labute approximate surface area is 174 Å². The third-order valence-electron chi connectivity index (χ3n) is 4.89. The van der Waals surface area contributed by atoms with Crippen molar-refractivity contribution in [2.75, 3.05) is 12.4 Å². The lowest BCUT2D eigenvalue weighted by molar-refractivity contribution is 0.102. The fourth-order valence-electron chi connectivity index (χ4n) is 3.21. The standard InChI is InChI=1S/C23H23N5O2/c1-16-4-9-22(30-3)21(14-16)28-12-10-20(26-28)23(29)25-19-7-5-18(6-8-19)15-27-13-11-24-17(27)2/h4-14H,15H2,1-3H3,(H,25,29). The van der Waals surface area contributed by atoms with E-state index in [1.165, 1.54) is 0 Å². The minimum Gasteiger partial charge on any atom is -0.494 e. The van der Waals surface area contributed by atoms with Crippen LogP contribution in [-0.2, 0) is 6.54 Å². The van der Waals surface area contributed by atoms with E-state index >= 15 is 0 Å². The van der Waals surface area contributed by atoms with Crippen molar-refractivity contribution in [3.8, 4) is 11.4 Å². The summed E-state index contributed by atoms with van der Waals surface area (Å²) in [4.78, 5) is 16.9. The maximum absolute atomic E-state index is 12.6. The maximum atomic E-state index is 12.6. The maximum Gasteiger partial charge on any atom is 0.276 e. The molecule has 4 aromatic rings. The summed E-state index contributed by atoms with van der Waals surface area (Å²) in [6.45, 7) is 4.71. The predicted molar refractivity (Wildman–Crippen MR) is 115 cm³/mol. The van der Waals surface area contributed by atoms with E-state index in [-0.39, 0.29) is 5.91 Å². The minimum absolute atomic E-state index is 0.265. The van der Waals surface area contributed by atoms with Gasteiger partial charge in [-0.05, 0) is 55.3 Å². The molecule has 152 valence electrons. The molecule has 30 heavy (non-hydrogen) atoms. The van der Waals surface area contributed by atoms with Crippen LogP contribution in [-0.4, -0.2) is 32.3 Å². The topological polar surface area (TPSA) is 74.0 Å². The van der Waals surface area contributed by atoms with Gasteiger partial charge in [0.25, 0.3) is 5.91 Å². The largest absolute Gasteiger partial charge is 0.494 e. The number of nitrogens with zero attached hydrogens (tertiary/aromatic N) is 4. The number of ether oxygens (including phenoxy) is 1. The second-order valence-corrected chi connectivity index (χ2v) is 7.07. The summed E-state index contributed by atoms with van der Waals surface area (Å²) >= 11 is 0. The number of methoxy groups -OCH3 is 1. The number of hydrogen-bond donors (Lipinski definition) is 1. The molecule has 1 amide bonds. The lowest BCUT2D eigenvalue weighted by atomic mass is 10.2. The van der Waals surface area contributed by atoms with Crippen molar-refractivity contribution in [2.45, 2.75) is 20.4 Å². The molecule has 0 radical (unpaired) electrons. The Morgan fingerprint density at radius 3 is 2.57 bits per heavy atom. The molecule has 0 aliphatic carbocycles. The van der Waals surface area contributed by atoms with Gasteiger partial charge >= 0.3 is 0 Å². The minimum atomic E-state index is -0.265. The average molecular weight is 401 g/mol. The first-order chi connectivity index (χ1) is 14.5. The Morgan fingerprint density at radius 1 is 1.07 bits per heavy atom. The van der Waals surface area contributed by atoms with Gasteiger partial charge in [-0.15, -0.1) is 0 Å². The van der Waals surface area contributed by atoms with Crippen LogP contribution in [0.2, 0.25) is 0 Å². The van der Waals surface area contributed by atoms with Crippen LogP contribution in [0.3, 0.4) is 0 Å². The van der Waals surface area contributed by atoms with Gasteiger partial charge in [0.1, 0.15) is 17.3 Å². The van der Waals surface area contributed by atoms with E-state index in [1.807, 2.05) is 62.5 Å². The van der Waals surface area contributed by atoms with E-state index in [0.717, 1.165) is 29.2 Å². The van der Waals surface area contributed by atoms with Crippen LogP contribution < -0.4 is 10.1 Å². The molecule has 2 aromatic heterocycles. The first-order valence-electron chi connectivity index (χ1n) is 9.62. The lowest BCUT2D eigenvalue weighted by Gasteiger charge is -2.09. The SMILES string of the molecule is COc1ccc(C)cc1-n1ccc(C(=O)Nc2ccc(Cn3ccnc3C)cc2)n1. The Morgan fingerprint density at radius 2 is 1.87 bits per heavy atom. The molecule has 0 saturated carbocycles. The average Bonchev–Trinajstić information content (AvgIpc) is 3.39. The number of carbonyl (C=O) groups excluding carboxylic acids is 1. The first-order valence-corrected chi connectivity index (χ1v) is 9.62. The zero-order chi connectivity index (χ0) is 21.1. The highest BCUT2D eigenvalue weighted by atomic mass is 16.5. The van der Waals surface area contributed by atoms with Gasteiger partial charge in [-0.3, -0.25) is 4.79 Å². The van der Waals surface area contributed by atoms with Crippen LogP contribution in [0.1, 0.15) is 27.4 Å². The highest BCUT2D eigenvalue weighted by Gasteiger charge is 2.13. The first kappa shape index (κ1) is 19.4. The molecule has 0 fully saturated rings. The van der Waals surface area contributed by atoms with Crippen molar-refractivity contribution in [3.63, 3.8) is 0 Å². The highest BCUT2D eigenvalue weighted by Crippen LogP contribution is 2.23. The molecule has 7 heteroatoms. The van der Waals surface area contributed by atoms with Gasteiger partial charge in [0.05, 0.1) is 7.11 Å². The monoisotopic (exact) mass is 401 g/mol. The molecule has 0 spiro atoms. The van der Waals surface area contributed by atoms with Gasteiger partial charge in [-0.2, -0.15) is 5.10 Å². The second-order valence-electron chi connectivity index (χ2n) is 7.07. The van der Waals surface area contributed by atoms with E-state index in [0.29, 0.717) is 17.1 Å². The lowest BCUT2D eigenvalue weighted by Crippen LogP contribution is -2.13. The van der Waals surface area contributed by atoms with Gasteiger partial charge in [0.15, 0.2) is 5.69 Å². The van der Waals surface area contributed by atoms with Gasteiger partial charge < -0.3 is 14.6 Å². The number of anilines is 1. The Balaban J connectivity index is 1.46. The number of aromatic nitrogens is 4. The summed E-state index contributed by atoms with van der Waals surface area (Å²) in [6, 6.07) is 15.3. The third kappa shape index (κ3) is 4.10. The fraction of sp³-hybridized carbons (Fsp3) is 0.174. The second kappa shape index (κ2) is 8.24. The van der Waals surface area contributed by atoms with E-state index < -0.39 is 0 Å². The molecule has 0 aliphatic heterocycles. The number of benzene rings is 2. The number of aryl methyl sites for hydroxylation is 2. The molecular formula is C23H23N5O2. The molecule has 4 rings (SSSR count). The van der Waals surface area contributed by atoms with Crippen LogP contribution in [0.15, 0.2) is 67.1 Å². The van der Waals surface area contributed by atoms with Crippen LogP contribution in [0.4, 0.5) is 5.69 Å². The highest BCUT2D eigenvalue weighted by molar-refractivity contribution is 6.02. The number of hydrogen-bond acceptors (Lipinski definition) is 4. The summed E-state index contributed by atoms with van der Waals surface area (Å²) in [7, 11) is 1.61. The number of rotatable bonds is 6. The number of amides is 1. The van der Waals surface area contributed by atoms with Gasteiger partial charge in [0.2, 0.25) is 0 Å². The normalized spacial score (nSPS) is 10.8. The van der Waals surface area contributed by atoms with Crippen molar-refractivity contribution < 1.29 is 9.53 Å². The van der Waals surface area contributed by atoms with Gasteiger partial charge in [-0.25, -0.2) is 9.67 Å². The van der Waals surface area contributed by atoms with Crippen molar-refractivity contribution in [3.05, 3.63) is 89.8 Å². The number of imidazole rings is 1. The molecule has 0 bridgehead atoms. The Hall–Kier alpha value is -3.87. The van der Waals surface area contributed by atoms with Gasteiger partial charge in [0, 0.05) is 30.8 Å². The Bertz CT molecular complexity index is 1170. The molecule has 0 unspecified atom stereocenters. The smallest absolute Gasteiger partial charge is 0.276 e. The van der Waals surface area contributed by atoms with E-state index in [9.17, 15) is 4.79 Å². The van der Waals surface area contributed by atoms with Crippen molar-refractivity contribution in [1.82, 2.24) is 19.3 Å². The molecule has 0 saturated heterocycles. The van der Waals surface area contributed by atoms with Crippen LogP contribution in [0.25, 0.3) is 5.69 Å². The Kier molecular flexibility index (Phi) is 5.34. The predicted octanol–water partition coefficient (Wildman–Crippen LogP) is 3.99. The third-order valence-corrected chi connectivity index (χ3v) is 4.89. The van der Waals surface area contributed by atoms with Gasteiger partial charge in [-0.1, -0.05) is 18.2 Å². The summed E-state index contributed by atoms with van der Waals surface area (Å²) in [5.74, 6) is 1.39. The van der Waals surface area contributed by atoms with Crippen molar-refractivity contribution in [1.29, 1.82) is 0 Å². The molecule has 0 aliphatic rings. The zero-order valence-electron chi connectivity index (χ0n) is 17.2. The molecule has 1 N–H and O–H groups in total. The molecule has 2 aromatic carbocycles.